The Morgan fingerprint density at radius 1 is 1.24 bits per heavy atom. The average molecular weight is 284 g/mol. The zero-order chi connectivity index (χ0) is 15.5. The largest absolute Gasteiger partial charge is 0.348 e. The van der Waals surface area contributed by atoms with Crippen LogP contribution >= 0.6 is 0 Å². The number of rotatable bonds is 5. The van der Waals surface area contributed by atoms with Gasteiger partial charge in [-0.15, -0.1) is 0 Å². The van der Waals surface area contributed by atoms with Crippen molar-refractivity contribution in [2.45, 2.75) is 45.2 Å². The van der Waals surface area contributed by atoms with Crippen LogP contribution in [0.1, 0.15) is 45.2 Å². The lowest BCUT2D eigenvalue weighted by molar-refractivity contribution is -0.126. The smallest absolute Gasteiger partial charge is 0.240 e. The predicted octanol–water partition coefficient (Wildman–Crippen LogP) is 3.53. The molecule has 2 unspecified atom stereocenters. The van der Waals surface area contributed by atoms with Gasteiger partial charge in [-0.25, -0.2) is 0 Å². The lowest BCUT2D eigenvalue weighted by Gasteiger charge is -2.26. The average Bonchev–Trinajstić information content (AvgIpc) is 2.46. The Balaban J connectivity index is 2.23. The summed E-state index contributed by atoms with van der Waals surface area (Å²) in [6, 6.07) is 14.3. The van der Waals surface area contributed by atoms with Crippen molar-refractivity contribution >= 4 is 16.7 Å². The molecule has 2 rings (SSSR count). The van der Waals surface area contributed by atoms with Gasteiger partial charge in [0.05, 0.1) is 11.6 Å². The molecule has 0 radical (unpaired) electrons. The zero-order valence-electron chi connectivity index (χ0n) is 13.0. The van der Waals surface area contributed by atoms with Crippen molar-refractivity contribution < 1.29 is 4.79 Å². The highest BCUT2D eigenvalue weighted by Gasteiger charge is 2.28. The summed E-state index contributed by atoms with van der Waals surface area (Å²) in [5, 5.41) is 5.40. The van der Waals surface area contributed by atoms with Crippen molar-refractivity contribution in [2.24, 2.45) is 5.73 Å². The molecule has 0 saturated carbocycles. The Labute approximate surface area is 126 Å². The first-order valence-corrected chi connectivity index (χ1v) is 7.53. The number of hydrogen-bond donors (Lipinski definition) is 2. The van der Waals surface area contributed by atoms with Gasteiger partial charge in [0.1, 0.15) is 0 Å². The van der Waals surface area contributed by atoms with Gasteiger partial charge in [0.15, 0.2) is 0 Å². The molecule has 2 atom stereocenters. The minimum atomic E-state index is -0.812. The molecule has 3 heteroatoms. The highest BCUT2D eigenvalue weighted by molar-refractivity contribution is 5.88. The van der Waals surface area contributed by atoms with E-state index in [2.05, 4.69) is 29.6 Å². The third-order valence-corrected chi connectivity index (χ3v) is 3.93. The molecule has 2 aromatic carbocycles. The van der Waals surface area contributed by atoms with Crippen molar-refractivity contribution in [2.75, 3.05) is 0 Å². The second-order valence-corrected chi connectivity index (χ2v) is 5.93. The van der Waals surface area contributed by atoms with Crippen molar-refractivity contribution in [3.63, 3.8) is 0 Å². The molecule has 0 spiro atoms. The maximum absolute atomic E-state index is 12.3. The number of nitrogens with two attached hydrogens (primary N) is 1. The van der Waals surface area contributed by atoms with Crippen molar-refractivity contribution in [3.05, 3.63) is 48.0 Å². The second-order valence-electron chi connectivity index (χ2n) is 5.93. The second kappa shape index (κ2) is 6.27. The number of carbonyl (C=O) groups is 1. The molecular weight excluding hydrogens is 260 g/mol. The Bertz CT molecular complexity index is 629. The van der Waals surface area contributed by atoms with Gasteiger partial charge >= 0.3 is 0 Å². The van der Waals surface area contributed by atoms with E-state index in [0.29, 0.717) is 6.42 Å². The lowest BCUT2D eigenvalue weighted by atomic mass is 9.94. The van der Waals surface area contributed by atoms with E-state index in [0.717, 1.165) is 12.0 Å². The third-order valence-electron chi connectivity index (χ3n) is 3.93. The highest BCUT2D eigenvalue weighted by Crippen LogP contribution is 2.24. The van der Waals surface area contributed by atoms with Crippen LogP contribution < -0.4 is 11.1 Å². The van der Waals surface area contributed by atoms with E-state index in [1.54, 1.807) is 6.92 Å². The zero-order valence-corrected chi connectivity index (χ0v) is 13.0. The molecule has 0 aromatic heterocycles. The number of benzene rings is 2. The maximum atomic E-state index is 12.3. The SMILES string of the molecule is CCCC(C)(N)C(=O)NC(C)c1cccc2ccccc12. The molecule has 3 nitrogen and oxygen atoms in total. The highest BCUT2D eigenvalue weighted by atomic mass is 16.2. The van der Waals surface area contributed by atoms with Crippen LogP contribution in [-0.2, 0) is 4.79 Å². The van der Waals surface area contributed by atoms with Crippen LogP contribution in [0.15, 0.2) is 42.5 Å². The van der Waals surface area contributed by atoms with Crippen LogP contribution in [0.2, 0.25) is 0 Å². The fourth-order valence-electron chi connectivity index (χ4n) is 2.70. The van der Waals surface area contributed by atoms with Gasteiger partial charge in [-0.2, -0.15) is 0 Å². The molecule has 0 heterocycles. The normalized spacial score (nSPS) is 15.4. The maximum Gasteiger partial charge on any atom is 0.240 e. The summed E-state index contributed by atoms with van der Waals surface area (Å²) in [4.78, 5) is 12.3. The number of amides is 1. The Morgan fingerprint density at radius 2 is 1.90 bits per heavy atom. The number of fused-ring (bicyclic) bond motifs is 1. The van der Waals surface area contributed by atoms with Crippen LogP contribution in [-0.4, -0.2) is 11.4 Å². The molecule has 21 heavy (non-hydrogen) atoms. The van der Waals surface area contributed by atoms with Gasteiger partial charge < -0.3 is 11.1 Å². The summed E-state index contributed by atoms with van der Waals surface area (Å²) >= 11 is 0. The third kappa shape index (κ3) is 3.42. The minimum absolute atomic E-state index is 0.0664. The number of hydrogen-bond acceptors (Lipinski definition) is 2. The van der Waals surface area contributed by atoms with Gasteiger partial charge in [0, 0.05) is 0 Å². The minimum Gasteiger partial charge on any atom is -0.348 e. The first-order chi connectivity index (χ1) is 9.95. The summed E-state index contributed by atoms with van der Waals surface area (Å²) in [5.41, 5.74) is 6.41. The molecule has 3 N–H and O–H groups in total. The van der Waals surface area contributed by atoms with Gasteiger partial charge in [0.2, 0.25) is 5.91 Å². The molecule has 0 aliphatic carbocycles. The van der Waals surface area contributed by atoms with E-state index >= 15 is 0 Å². The summed E-state index contributed by atoms with van der Waals surface area (Å²) in [7, 11) is 0. The van der Waals surface area contributed by atoms with E-state index in [4.69, 9.17) is 5.73 Å². The molecule has 0 aliphatic rings. The van der Waals surface area contributed by atoms with Crippen molar-refractivity contribution in [3.8, 4) is 0 Å². The van der Waals surface area contributed by atoms with E-state index in [-0.39, 0.29) is 11.9 Å². The molecular formula is C18H24N2O. The molecule has 1 amide bonds. The van der Waals surface area contributed by atoms with Gasteiger partial charge in [-0.3, -0.25) is 4.79 Å². The van der Waals surface area contributed by atoms with Crippen molar-refractivity contribution in [1.29, 1.82) is 0 Å². The first-order valence-electron chi connectivity index (χ1n) is 7.53. The fraction of sp³-hybridized carbons (Fsp3) is 0.389. The van der Waals surface area contributed by atoms with Crippen molar-refractivity contribution in [1.82, 2.24) is 5.32 Å². The quantitative estimate of drug-likeness (QED) is 0.882. The lowest BCUT2D eigenvalue weighted by Crippen LogP contribution is -2.52. The Morgan fingerprint density at radius 3 is 2.62 bits per heavy atom. The summed E-state index contributed by atoms with van der Waals surface area (Å²) in [5.74, 6) is -0.0928. The molecule has 2 aromatic rings. The van der Waals surface area contributed by atoms with E-state index < -0.39 is 5.54 Å². The standard InChI is InChI=1S/C18H24N2O/c1-4-12-18(3,19)17(21)20-13(2)15-11-7-9-14-8-5-6-10-16(14)15/h5-11,13H,4,12,19H2,1-3H3,(H,20,21). The molecule has 0 fully saturated rings. The molecule has 0 saturated heterocycles. The summed E-state index contributed by atoms with van der Waals surface area (Å²) < 4.78 is 0. The Kier molecular flexibility index (Phi) is 4.63. The van der Waals surface area contributed by atoms with E-state index in [9.17, 15) is 4.79 Å². The van der Waals surface area contributed by atoms with Crippen LogP contribution in [0, 0.1) is 0 Å². The van der Waals surface area contributed by atoms with E-state index in [1.165, 1.54) is 10.8 Å². The number of nitrogens with one attached hydrogen (secondary N) is 1. The van der Waals surface area contributed by atoms with Gasteiger partial charge in [0.25, 0.3) is 0 Å². The van der Waals surface area contributed by atoms with Gasteiger partial charge in [-0.1, -0.05) is 55.8 Å². The summed E-state index contributed by atoms with van der Waals surface area (Å²) in [6.07, 6.45) is 1.57. The first kappa shape index (κ1) is 15.5. The van der Waals surface area contributed by atoms with Crippen LogP contribution in [0.4, 0.5) is 0 Å². The van der Waals surface area contributed by atoms with Crippen LogP contribution in [0.5, 0.6) is 0 Å². The molecule has 0 bridgehead atoms. The fourth-order valence-corrected chi connectivity index (χ4v) is 2.70. The van der Waals surface area contributed by atoms with Crippen LogP contribution in [0.3, 0.4) is 0 Å². The van der Waals surface area contributed by atoms with Gasteiger partial charge in [-0.05, 0) is 36.6 Å². The van der Waals surface area contributed by atoms with E-state index in [1.807, 2.05) is 32.0 Å². The monoisotopic (exact) mass is 284 g/mol. The topological polar surface area (TPSA) is 55.1 Å². The molecule has 0 aliphatic heterocycles. The summed E-state index contributed by atoms with van der Waals surface area (Å²) in [6.45, 7) is 5.83. The van der Waals surface area contributed by atoms with Crippen LogP contribution in [0.25, 0.3) is 10.8 Å². The Hall–Kier alpha value is -1.87. The predicted molar refractivity (Wildman–Crippen MR) is 88.0 cm³/mol. The molecule has 112 valence electrons. The number of carbonyl (C=O) groups excluding carboxylic acids is 1.